The Balaban J connectivity index is 1.50. The fourth-order valence-corrected chi connectivity index (χ4v) is 3.64. The van der Waals surface area contributed by atoms with E-state index in [0.29, 0.717) is 19.5 Å². The normalized spacial score (nSPS) is 15.1. The number of benzene rings is 1. The van der Waals surface area contributed by atoms with Gasteiger partial charge in [-0.15, -0.1) is 0 Å². The lowest BCUT2D eigenvalue weighted by Gasteiger charge is -2.28. The fourth-order valence-electron chi connectivity index (χ4n) is 3.46. The van der Waals surface area contributed by atoms with E-state index in [9.17, 15) is 9.18 Å². The number of carbonyl (C=O) groups excluding carboxylic acids is 1. The highest BCUT2D eigenvalue weighted by Gasteiger charge is 2.23. The molecule has 1 N–H and O–H groups in total. The molecule has 0 unspecified atom stereocenters. The molecule has 1 amide bonds. The van der Waals surface area contributed by atoms with Crippen molar-refractivity contribution in [1.29, 1.82) is 0 Å². The van der Waals surface area contributed by atoms with Gasteiger partial charge in [-0.05, 0) is 38.9 Å². The zero-order valence-electron chi connectivity index (χ0n) is 16.1. The van der Waals surface area contributed by atoms with Crippen molar-refractivity contribution in [1.82, 2.24) is 19.8 Å². The minimum atomic E-state index is -0.399. The van der Waals surface area contributed by atoms with Crippen LogP contribution in [0.25, 0.3) is 0 Å². The van der Waals surface area contributed by atoms with Gasteiger partial charge in [-0.3, -0.25) is 9.69 Å². The van der Waals surface area contributed by atoms with Crippen LogP contribution < -0.4 is 0 Å². The number of amides is 1. The lowest BCUT2D eigenvalue weighted by atomic mass is 10.1. The van der Waals surface area contributed by atoms with Gasteiger partial charge in [0.15, 0.2) is 0 Å². The van der Waals surface area contributed by atoms with Gasteiger partial charge in [-0.2, -0.15) is 0 Å². The van der Waals surface area contributed by atoms with Gasteiger partial charge in [0.05, 0.1) is 23.0 Å². The van der Waals surface area contributed by atoms with Crippen LogP contribution in [0, 0.1) is 12.7 Å². The van der Waals surface area contributed by atoms with Gasteiger partial charge in [0.1, 0.15) is 11.6 Å². The second kappa shape index (κ2) is 8.40. The molecule has 1 aliphatic heterocycles. The SMILES string of the molecule is Cc1nc2c([nH]1)CN(C(=O)CC[C@H](C)N(C)Cc1cccc(F)c1Cl)CC2. The van der Waals surface area contributed by atoms with Crippen molar-refractivity contribution in [2.45, 2.75) is 52.2 Å². The number of nitrogens with one attached hydrogen (secondary N) is 1. The molecule has 0 fully saturated rings. The maximum Gasteiger partial charge on any atom is 0.222 e. The number of imidazole rings is 1. The summed E-state index contributed by atoms with van der Waals surface area (Å²) in [7, 11) is 1.97. The first kappa shape index (κ1) is 19.8. The molecule has 0 bridgehead atoms. The number of aromatic amines is 1. The molecule has 7 heteroatoms. The fraction of sp³-hybridized carbons (Fsp3) is 0.500. The Kier molecular flexibility index (Phi) is 6.17. The van der Waals surface area contributed by atoms with Crippen molar-refractivity contribution in [2.75, 3.05) is 13.6 Å². The molecular weight excluding hydrogens is 367 g/mol. The van der Waals surface area contributed by atoms with E-state index in [4.69, 9.17) is 11.6 Å². The van der Waals surface area contributed by atoms with E-state index in [1.807, 2.05) is 24.9 Å². The smallest absolute Gasteiger partial charge is 0.222 e. The van der Waals surface area contributed by atoms with E-state index >= 15 is 0 Å². The molecule has 5 nitrogen and oxygen atoms in total. The minimum Gasteiger partial charge on any atom is -0.344 e. The second-order valence-electron chi connectivity index (χ2n) is 7.33. The predicted molar refractivity (Wildman–Crippen MR) is 104 cm³/mol. The molecule has 1 aromatic heterocycles. The summed E-state index contributed by atoms with van der Waals surface area (Å²) < 4.78 is 13.6. The third-order valence-electron chi connectivity index (χ3n) is 5.28. The van der Waals surface area contributed by atoms with Gasteiger partial charge >= 0.3 is 0 Å². The number of carbonyl (C=O) groups is 1. The van der Waals surface area contributed by atoms with Gasteiger partial charge in [-0.25, -0.2) is 9.37 Å². The molecular formula is C20H26ClFN4O. The third kappa shape index (κ3) is 4.68. The Bertz CT molecular complexity index is 822. The molecule has 1 aromatic carbocycles. The Morgan fingerprint density at radius 3 is 3.04 bits per heavy atom. The highest BCUT2D eigenvalue weighted by Crippen LogP contribution is 2.22. The average molecular weight is 393 g/mol. The Hall–Kier alpha value is -1.92. The summed E-state index contributed by atoms with van der Waals surface area (Å²) in [5.41, 5.74) is 2.89. The summed E-state index contributed by atoms with van der Waals surface area (Å²) in [6.45, 7) is 5.89. The molecule has 0 saturated heterocycles. The molecule has 0 saturated carbocycles. The van der Waals surface area contributed by atoms with E-state index in [2.05, 4.69) is 21.8 Å². The molecule has 3 rings (SSSR count). The molecule has 27 heavy (non-hydrogen) atoms. The molecule has 0 spiro atoms. The lowest BCUT2D eigenvalue weighted by Crippen LogP contribution is -2.37. The van der Waals surface area contributed by atoms with Crippen LogP contribution in [0.15, 0.2) is 18.2 Å². The summed E-state index contributed by atoms with van der Waals surface area (Å²) in [6.07, 6.45) is 2.04. The summed E-state index contributed by atoms with van der Waals surface area (Å²) in [4.78, 5) is 24.3. The van der Waals surface area contributed by atoms with Crippen LogP contribution in [0.3, 0.4) is 0 Å². The van der Waals surface area contributed by atoms with E-state index in [0.717, 1.165) is 42.2 Å². The maximum absolute atomic E-state index is 13.6. The van der Waals surface area contributed by atoms with Crippen molar-refractivity contribution in [3.63, 3.8) is 0 Å². The van der Waals surface area contributed by atoms with Crippen molar-refractivity contribution >= 4 is 17.5 Å². The van der Waals surface area contributed by atoms with Crippen molar-refractivity contribution in [3.05, 3.63) is 51.8 Å². The molecule has 1 aliphatic rings. The highest BCUT2D eigenvalue weighted by atomic mass is 35.5. The summed E-state index contributed by atoms with van der Waals surface area (Å²) in [5.74, 6) is 0.668. The van der Waals surface area contributed by atoms with Crippen molar-refractivity contribution in [3.8, 4) is 0 Å². The van der Waals surface area contributed by atoms with E-state index in [-0.39, 0.29) is 17.0 Å². The molecule has 0 aliphatic carbocycles. The van der Waals surface area contributed by atoms with Crippen LogP contribution in [0.5, 0.6) is 0 Å². The Labute approximate surface area is 164 Å². The first-order valence-corrected chi connectivity index (χ1v) is 9.68. The Morgan fingerprint density at radius 1 is 1.48 bits per heavy atom. The van der Waals surface area contributed by atoms with Crippen molar-refractivity contribution in [2.24, 2.45) is 0 Å². The number of rotatable bonds is 6. The zero-order valence-corrected chi connectivity index (χ0v) is 16.8. The van der Waals surface area contributed by atoms with Gasteiger partial charge in [0.25, 0.3) is 0 Å². The van der Waals surface area contributed by atoms with Crippen LogP contribution in [0.2, 0.25) is 5.02 Å². The number of aryl methyl sites for hydroxylation is 1. The van der Waals surface area contributed by atoms with Crippen LogP contribution in [-0.4, -0.2) is 45.3 Å². The van der Waals surface area contributed by atoms with Crippen LogP contribution in [0.4, 0.5) is 4.39 Å². The van der Waals surface area contributed by atoms with Gasteiger partial charge in [0, 0.05) is 32.0 Å². The van der Waals surface area contributed by atoms with E-state index in [1.54, 1.807) is 6.07 Å². The molecule has 2 heterocycles. The molecule has 1 atom stereocenters. The standard InChI is InChI=1S/C20H26ClFN4O/c1-13(25(3)11-15-5-4-6-16(22)20(15)21)7-8-19(27)26-10-9-17-18(12-26)24-14(2)23-17/h4-6,13H,7-12H2,1-3H3,(H,23,24)/t13-/m0/s1. The monoisotopic (exact) mass is 392 g/mol. The molecule has 146 valence electrons. The highest BCUT2D eigenvalue weighted by molar-refractivity contribution is 6.31. The van der Waals surface area contributed by atoms with Crippen LogP contribution in [-0.2, 0) is 24.3 Å². The number of halogens is 2. The molecule has 0 radical (unpaired) electrons. The predicted octanol–water partition coefficient (Wildman–Crippen LogP) is 3.70. The number of hydrogen-bond donors (Lipinski definition) is 1. The number of nitrogens with zero attached hydrogens (tertiary/aromatic N) is 3. The number of fused-ring (bicyclic) bond motifs is 1. The average Bonchev–Trinajstić information content (AvgIpc) is 3.02. The number of aromatic nitrogens is 2. The summed E-state index contributed by atoms with van der Waals surface area (Å²) in [6, 6.07) is 5.04. The molecule has 2 aromatic rings. The largest absolute Gasteiger partial charge is 0.344 e. The third-order valence-corrected chi connectivity index (χ3v) is 5.71. The first-order chi connectivity index (χ1) is 12.8. The lowest BCUT2D eigenvalue weighted by molar-refractivity contribution is -0.132. The minimum absolute atomic E-state index is 0.164. The van der Waals surface area contributed by atoms with Gasteiger partial charge in [0.2, 0.25) is 5.91 Å². The van der Waals surface area contributed by atoms with Gasteiger partial charge in [-0.1, -0.05) is 23.7 Å². The quantitative estimate of drug-likeness (QED) is 0.815. The summed E-state index contributed by atoms with van der Waals surface area (Å²) in [5, 5.41) is 0.173. The zero-order chi connectivity index (χ0) is 19.6. The topological polar surface area (TPSA) is 52.2 Å². The van der Waals surface area contributed by atoms with Crippen LogP contribution in [0.1, 0.15) is 42.5 Å². The van der Waals surface area contributed by atoms with E-state index in [1.165, 1.54) is 6.07 Å². The number of hydrogen-bond acceptors (Lipinski definition) is 3. The maximum atomic E-state index is 13.6. The summed E-state index contributed by atoms with van der Waals surface area (Å²) >= 11 is 6.04. The second-order valence-corrected chi connectivity index (χ2v) is 7.71. The number of H-pyrrole nitrogens is 1. The Morgan fingerprint density at radius 2 is 2.26 bits per heavy atom. The van der Waals surface area contributed by atoms with Crippen LogP contribution >= 0.6 is 11.6 Å². The first-order valence-electron chi connectivity index (χ1n) is 9.30. The van der Waals surface area contributed by atoms with Gasteiger partial charge < -0.3 is 9.88 Å². The van der Waals surface area contributed by atoms with E-state index < -0.39 is 5.82 Å². The van der Waals surface area contributed by atoms with Crippen molar-refractivity contribution < 1.29 is 9.18 Å².